The Morgan fingerprint density at radius 1 is 1.33 bits per heavy atom. The normalized spacial score (nSPS) is 16.2. The number of hydrogen-bond acceptors (Lipinski definition) is 4. The van der Waals surface area contributed by atoms with E-state index in [0.29, 0.717) is 0 Å². The molecule has 1 aliphatic heterocycles. The average Bonchev–Trinajstić information content (AvgIpc) is 2.97. The van der Waals surface area contributed by atoms with Crippen LogP contribution in [0, 0.1) is 0 Å². The minimum atomic E-state index is 0.127. The van der Waals surface area contributed by atoms with Gasteiger partial charge in [0.25, 0.3) is 5.91 Å². The van der Waals surface area contributed by atoms with E-state index in [2.05, 4.69) is 16.3 Å². The van der Waals surface area contributed by atoms with E-state index in [1.807, 2.05) is 35.5 Å². The van der Waals surface area contributed by atoms with Crippen molar-refractivity contribution >= 4 is 27.3 Å². The number of thiophene rings is 1. The van der Waals surface area contributed by atoms with Gasteiger partial charge in [0, 0.05) is 61.8 Å². The lowest BCUT2D eigenvalue weighted by Crippen LogP contribution is -2.46. The van der Waals surface area contributed by atoms with Crippen molar-refractivity contribution in [2.45, 2.75) is 0 Å². The fourth-order valence-corrected chi connectivity index (χ4v) is 3.61. The molecule has 0 atom stereocenters. The van der Waals surface area contributed by atoms with Gasteiger partial charge in [-0.25, -0.2) is 0 Å². The van der Waals surface area contributed by atoms with Crippen molar-refractivity contribution in [3.63, 3.8) is 0 Å². The predicted octanol–water partition coefficient (Wildman–Crippen LogP) is 1.88. The van der Waals surface area contributed by atoms with Crippen LogP contribution >= 0.6 is 11.3 Å². The standard InChI is InChI=1S/C16H21N3OS/c1-18(10-11-19-8-6-17-7-9-19)16(20)14-12-21-15-5-3-2-4-13(14)15/h2-5,12,17H,6-11H2,1H3. The highest BCUT2D eigenvalue weighted by Gasteiger charge is 2.17. The molecule has 1 amide bonds. The zero-order valence-corrected chi connectivity index (χ0v) is 13.2. The Labute approximate surface area is 129 Å². The Morgan fingerprint density at radius 3 is 2.90 bits per heavy atom. The first-order chi connectivity index (χ1) is 10.3. The summed E-state index contributed by atoms with van der Waals surface area (Å²) in [5.41, 5.74) is 0.832. The number of carbonyl (C=O) groups is 1. The molecule has 1 saturated heterocycles. The summed E-state index contributed by atoms with van der Waals surface area (Å²) in [7, 11) is 1.90. The molecular weight excluding hydrogens is 282 g/mol. The molecule has 1 fully saturated rings. The third-order valence-corrected chi connectivity index (χ3v) is 4.98. The summed E-state index contributed by atoms with van der Waals surface area (Å²) in [4.78, 5) is 16.8. The summed E-state index contributed by atoms with van der Waals surface area (Å²) < 4.78 is 1.18. The van der Waals surface area contributed by atoms with Crippen molar-refractivity contribution < 1.29 is 4.79 Å². The van der Waals surface area contributed by atoms with Gasteiger partial charge in [0.1, 0.15) is 0 Å². The van der Waals surface area contributed by atoms with Crippen molar-refractivity contribution in [3.05, 3.63) is 35.2 Å². The molecule has 0 bridgehead atoms. The van der Waals surface area contributed by atoms with E-state index in [9.17, 15) is 4.79 Å². The van der Waals surface area contributed by atoms with Gasteiger partial charge in [-0.05, 0) is 6.07 Å². The minimum absolute atomic E-state index is 0.127. The first kappa shape index (κ1) is 14.5. The summed E-state index contributed by atoms with van der Waals surface area (Å²) >= 11 is 1.64. The Hall–Kier alpha value is -1.43. The number of piperazine rings is 1. The van der Waals surface area contributed by atoms with Crippen molar-refractivity contribution in [3.8, 4) is 0 Å². The van der Waals surface area contributed by atoms with E-state index < -0.39 is 0 Å². The highest BCUT2D eigenvalue weighted by molar-refractivity contribution is 7.17. The monoisotopic (exact) mass is 303 g/mol. The van der Waals surface area contributed by atoms with E-state index >= 15 is 0 Å². The Morgan fingerprint density at radius 2 is 2.10 bits per heavy atom. The minimum Gasteiger partial charge on any atom is -0.340 e. The van der Waals surface area contributed by atoms with Gasteiger partial charge < -0.3 is 10.2 Å². The van der Waals surface area contributed by atoms with E-state index in [1.165, 1.54) is 4.70 Å². The van der Waals surface area contributed by atoms with E-state index in [1.54, 1.807) is 11.3 Å². The van der Waals surface area contributed by atoms with E-state index in [-0.39, 0.29) is 5.91 Å². The van der Waals surface area contributed by atoms with Gasteiger partial charge in [-0.15, -0.1) is 11.3 Å². The topological polar surface area (TPSA) is 35.6 Å². The molecule has 1 aromatic carbocycles. The summed E-state index contributed by atoms with van der Waals surface area (Å²) in [5, 5.41) is 6.40. The van der Waals surface area contributed by atoms with Crippen LogP contribution in [-0.2, 0) is 0 Å². The molecule has 3 rings (SSSR count). The Bertz CT molecular complexity index is 619. The van der Waals surface area contributed by atoms with Gasteiger partial charge in [0.2, 0.25) is 0 Å². The van der Waals surface area contributed by atoms with Crippen molar-refractivity contribution in [2.75, 3.05) is 46.3 Å². The lowest BCUT2D eigenvalue weighted by molar-refractivity contribution is 0.0777. The largest absolute Gasteiger partial charge is 0.340 e. The van der Waals surface area contributed by atoms with Crippen molar-refractivity contribution in [1.82, 2.24) is 15.1 Å². The average molecular weight is 303 g/mol. The fraction of sp³-hybridized carbons (Fsp3) is 0.438. The van der Waals surface area contributed by atoms with Crippen molar-refractivity contribution in [1.29, 1.82) is 0 Å². The number of likely N-dealkylation sites (N-methyl/N-ethyl adjacent to an activating group) is 1. The number of nitrogens with one attached hydrogen (secondary N) is 1. The maximum absolute atomic E-state index is 12.6. The maximum atomic E-state index is 12.6. The lowest BCUT2D eigenvalue weighted by Gasteiger charge is -2.29. The molecule has 21 heavy (non-hydrogen) atoms. The fourth-order valence-electron chi connectivity index (χ4n) is 2.68. The smallest absolute Gasteiger partial charge is 0.255 e. The third-order valence-electron chi connectivity index (χ3n) is 4.02. The summed E-state index contributed by atoms with van der Waals surface area (Å²) in [6.07, 6.45) is 0. The molecular formula is C16H21N3OS. The van der Waals surface area contributed by atoms with Gasteiger partial charge in [-0.2, -0.15) is 0 Å². The van der Waals surface area contributed by atoms with Crippen LogP contribution in [0.15, 0.2) is 29.6 Å². The predicted molar refractivity (Wildman–Crippen MR) is 88.1 cm³/mol. The van der Waals surface area contributed by atoms with Crippen LogP contribution in [0.2, 0.25) is 0 Å². The second kappa shape index (κ2) is 6.56. The zero-order chi connectivity index (χ0) is 14.7. The Balaban J connectivity index is 1.64. The molecule has 5 heteroatoms. The second-order valence-corrected chi connectivity index (χ2v) is 6.38. The Kier molecular flexibility index (Phi) is 4.53. The summed E-state index contributed by atoms with van der Waals surface area (Å²) in [6, 6.07) is 8.11. The molecule has 0 unspecified atom stereocenters. The SMILES string of the molecule is CN(CCN1CCNCC1)C(=O)c1csc2ccccc12. The second-order valence-electron chi connectivity index (χ2n) is 5.46. The van der Waals surface area contributed by atoms with Crippen LogP contribution < -0.4 is 5.32 Å². The highest BCUT2D eigenvalue weighted by atomic mass is 32.1. The van der Waals surface area contributed by atoms with Gasteiger partial charge in [0.15, 0.2) is 0 Å². The summed E-state index contributed by atoms with van der Waals surface area (Å²) in [6.45, 7) is 5.97. The number of amides is 1. The molecule has 112 valence electrons. The number of hydrogen-bond donors (Lipinski definition) is 1. The number of rotatable bonds is 4. The molecule has 0 radical (unpaired) electrons. The van der Waals surface area contributed by atoms with Crippen LogP contribution in [0.5, 0.6) is 0 Å². The van der Waals surface area contributed by atoms with Crippen LogP contribution in [0.25, 0.3) is 10.1 Å². The molecule has 0 spiro atoms. The highest BCUT2D eigenvalue weighted by Crippen LogP contribution is 2.26. The van der Waals surface area contributed by atoms with E-state index in [4.69, 9.17) is 0 Å². The number of nitrogens with zero attached hydrogens (tertiary/aromatic N) is 2. The van der Waals surface area contributed by atoms with Gasteiger partial charge in [-0.3, -0.25) is 9.69 Å². The molecule has 1 N–H and O–H groups in total. The van der Waals surface area contributed by atoms with Crippen LogP contribution in [0.1, 0.15) is 10.4 Å². The third kappa shape index (κ3) is 3.26. The maximum Gasteiger partial charge on any atom is 0.255 e. The quantitative estimate of drug-likeness (QED) is 0.937. The molecule has 1 aliphatic rings. The van der Waals surface area contributed by atoms with Gasteiger partial charge in [0.05, 0.1) is 5.56 Å². The van der Waals surface area contributed by atoms with Gasteiger partial charge >= 0.3 is 0 Å². The van der Waals surface area contributed by atoms with Crippen LogP contribution in [-0.4, -0.2) is 62.0 Å². The van der Waals surface area contributed by atoms with Gasteiger partial charge in [-0.1, -0.05) is 18.2 Å². The number of carbonyl (C=O) groups excluding carboxylic acids is 1. The lowest BCUT2D eigenvalue weighted by atomic mass is 10.1. The molecule has 0 saturated carbocycles. The van der Waals surface area contributed by atoms with Crippen LogP contribution in [0.3, 0.4) is 0 Å². The molecule has 2 heterocycles. The van der Waals surface area contributed by atoms with Crippen LogP contribution in [0.4, 0.5) is 0 Å². The zero-order valence-electron chi connectivity index (χ0n) is 12.3. The molecule has 1 aromatic heterocycles. The first-order valence-electron chi connectivity index (χ1n) is 7.40. The number of benzene rings is 1. The summed E-state index contributed by atoms with van der Waals surface area (Å²) in [5.74, 6) is 0.127. The molecule has 4 nitrogen and oxygen atoms in total. The molecule has 0 aliphatic carbocycles. The van der Waals surface area contributed by atoms with Crippen molar-refractivity contribution in [2.24, 2.45) is 0 Å². The van der Waals surface area contributed by atoms with E-state index in [0.717, 1.165) is 50.2 Å². The first-order valence-corrected chi connectivity index (χ1v) is 8.28. The number of fused-ring (bicyclic) bond motifs is 1. The molecule has 2 aromatic rings.